The summed E-state index contributed by atoms with van der Waals surface area (Å²) in [5.41, 5.74) is -0.607. The SMILES string of the molecule is COc1ccc(C(=O)OC[C@@H]2[C@@H](OC(=O)c3ccccc3)CO[C@H]2n2ccc(=O)[nH]c2=O)cc1. The Bertz CT molecular complexity index is 1270. The van der Waals surface area contributed by atoms with Gasteiger partial charge in [0.25, 0.3) is 5.56 Å². The van der Waals surface area contributed by atoms with Crippen molar-refractivity contribution < 1.29 is 28.5 Å². The van der Waals surface area contributed by atoms with Gasteiger partial charge < -0.3 is 18.9 Å². The number of nitrogens with one attached hydrogen (secondary N) is 1. The molecule has 1 fully saturated rings. The van der Waals surface area contributed by atoms with Gasteiger partial charge in [0.05, 0.1) is 30.8 Å². The number of hydrogen-bond donors (Lipinski definition) is 1. The molecule has 1 aliphatic heterocycles. The van der Waals surface area contributed by atoms with Gasteiger partial charge in [-0.2, -0.15) is 0 Å². The van der Waals surface area contributed by atoms with Crippen LogP contribution >= 0.6 is 0 Å². The van der Waals surface area contributed by atoms with Gasteiger partial charge in [-0.1, -0.05) is 18.2 Å². The minimum Gasteiger partial charge on any atom is -0.497 e. The lowest BCUT2D eigenvalue weighted by molar-refractivity contribution is -0.00658. The number of benzene rings is 2. The molecule has 0 amide bonds. The molecule has 2 aromatic carbocycles. The first-order valence-electron chi connectivity index (χ1n) is 10.5. The number of hydrogen-bond acceptors (Lipinski definition) is 8. The summed E-state index contributed by atoms with van der Waals surface area (Å²) in [7, 11) is 1.52. The van der Waals surface area contributed by atoms with Crippen molar-refractivity contribution in [2.75, 3.05) is 20.3 Å². The standard InChI is InChI=1S/C24H22N2O8/c1-31-17-9-7-16(8-10-17)22(28)33-13-18-19(34-23(29)15-5-3-2-4-6-15)14-32-21(18)26-12-11-20(27)25-24(26)30/h2-12,18-19,21H,13-14H2,1H3,(H,25,27,30)/t18-,19+,21-/m1/s1. The Morgan fingerprint density at radius 3 is 2.38 bits per heavy atom. The molecule has 0 bridgehead atoms. The molecular formula is C24H22N2O8. The molecule has 10 nitrogen and oxygen atoms in total. The van der Waals surface area contributed by atoms with E-state index in [1.807, 2.05) is 0 Å². The highest BCUT2D eigenvalue weighted by Gasteiger charge is 2.42. The van der Waals surface area contributed by atoms with Crippen molar-refractivity contribution in [3.63, 3.8) is 0 Å². The van der Waals surface area contributed by atoms with E-state index in [-0.39, 0.29) is 13.2 Å². The van der Waals surface area contributed by atoms with Gasteiger partial charge in [-0.3, -0.25) is 14.3 Å². The summed E-state index contributed by atoms with van der Waals surface area (Å²) < 4.78 is 23.1. The van der Waals surface area contributed by atoms with Gasteiger partial charge in [-0.05, 0) is 36.4 Å². The second kappa shape index (κ2) is 10.2. The number of carbonyl (C=O) groups is 2. The molecule has 3 aromatic rings. The van der Waals surface area contributed by atoms with Crippen LogP contribution < -0.4 is 16.0 Å². The van der Waals surface area contributed by atoms with Crippen molar-refractivity contribution in [3.05, 3.63) is 98.8 Å². The van der Waals surface area contributed by atoms with Crippen molar-refractivity contribution in [1.29, 1.82) is 0 Å². The van der Waals surface area contributed by atoms with Crippen LogP contribution in [0.3, 0.4) is 0 Å². The van der Waals surface area contributed by atoms with E-state index >= 15 is 0 Å². The van der Waals surface area contributed by atoms with Crippen molar-refractivity contribution >= 4 is 11.9 Å². The van der Waals surface area contributed by atoms with Gasteiger partial charge in [-0.25, -0.2) is 14.4 Å². The average Bonchev–Trinajstić information content (AvgIpc) is 3.25. The first kappa shape index (κ1) is 23.0. The Kier molecular flexibility index (Phi) is 6.88. The fraction of sp³-hybridized carbons (Fsp3) is 0.250. The lowest BCUT2D eigenvalue weighted by Crippen LogP contribution is -2.37. The molecule has 1 saturated heterocycles. The van der Waals surface area contributed by atoms with Crippen molar-refractivity contribution in [2.45, 2.75) is 12.3 Å². The number of carbonyl (C=O) groups excluding carboxylic acids is 2. The Labute approximate surface area is 193 Å². The van der Waals surface area contributed by atoms with Crippen LogP contribution in [0.4, 0.5) is 0 Å². The summed E-state index contributed by atoms with van der Waals surface area (Å²) in [5.74, 6) is -1.30. The first-order chi connectivity index (χ1) is 16.5. The van der Waals surface area contributed by atoms with Crippen LogP contribution in [0.1, 0.15) is 26.9 Å². The maximum atomic E-state index is 12.6. The summed E-state index contributed by atoms with van der Waals surface area (Å²) in [6.45, 7) is -0.229. The number of methoxy groups -OCH3 is 1. The predicted molar refractivity (Wildman–Crippen MR) is 119 cm³/mol. The van der Waals surface area contributed by atoms with Gasteiger partial charge in [0.15, 0.2) is 0 Å². The topological polar surface area (TPSA) is 126 Å². The molecule has 0 unspecified atom stereocenters. The van der Waals surface area contributed by atoms with E-state index in [0.717, 1.165) is 0 Å². The van der Waals surface area contributed by atoms with Crippen LogP contribution in [0.15, 0.2) is 76.4 Å². The molecule has 2 heterocycles. The van der Waals surface area contributed by atoms with Crippen LogP contribution in [0.2, 0.25) is 0 Å². The molecule has 0 spiro atoms. The summed E-state index contributed by atoms with van der Waals surface area (Å²) >= 11 is 0. The van der Waals surface area contributed by atoms with Crippen LogP contribution in [0.25, 0.3) is 0 Å². The van der Waals surface area contributed by atoms with Crippen molar-refractivity contribution in [1.82, 2.24) is 9.55 Å². The highest BCUT2D eigenvalue weighted by molar-refractivity contribution is 5.90. The molecule has 1 N–H and O–H groups in total. The maximum absolute atomic E-state index is 12.6. The predicted octanol–water partition coefficient (Wildman–Crippen LogP) is 1.77. The van der Waals surface area contributed by atoms with Crippen molar-refractivity contribution in [2.24, 2.45) is 5.92 Å². The lowest BCUT2D eigenvalue weighted by Gasteiger charge is -2.23. The summed E-state index contributed by atoms with van der Waals surface area (Å²) in [6, 6.07) is 16.0. The Hall–Kier alpha value is -4.18. The third-order valence-electron chi connectivity index (χ3n) is 5.40. The molecule has 1 aromatic heterocycles. The Morgan fingerprint density at radius 2 is 1.71 bits per heavy atom. The fourth-order valence-corrected chi connectivity index (χ4v) is 3.61. The van der Waals surface area contributed by atoms with E-state index in [2.05, 4.69) is 4.98 Å². The fourth-order valence-electron chi connectivity index (χ4n) is 3.61. The number of esters is 2. The molecule has 1 aliphatic rings. The summed E-state index contributed by atoms with van der Waals surface area (Å²) in [6.07, 6.45) is -0.451. The molecule has 0 aliphatic carbocycles. The summed E-state index contributed by atoms with van der Waals surface area (Å²) in [5, 5.41) is 0. The van der Waals surface area contributed by atoms with E-state index < -0.39 is 41.4 Å². The van der Waals surface area contributed by atoms with Gasteiger partial charge >= 0.3 is 17.6 Å². The van der Waals surface area contributed by atoms with Gasteiger partial charge in [0, 0.05) is 12.3 Å². The second-order valence-electron chi connectivity index (χ2n) is 7.54. The van der Waals surface area contributed by atoms with E-state index in [0.29, 0.717) is 16.9 Å². The molecule has 176 valence electrons. The highest BCUT2D eigenvalue weighted by Crippen LogP contribution is 2.32. The zero-order chi connectivity index (χ0) is 24.1. The smallest absolute Gasteiger partial charge is 0.338 e. The quantitative estimate of drug-likeness (QED) is 0.522. The van der Waals surface area contributed by atoms with Gasteiger partial charge in [0.2, 0.25) is 0 Å². The number of H-pyrrole nitrogens is 1. The maximum Gasteiger partial charge on any atom is 0.338 e. The summed E-state index contributed by atoms with van der Waals surface area (Å²) in [4.78, 5) is 51.2. The zero-order valence-corrected chi connectivity index (χ0v) is 18.2. The number of nitrogens with zero attached hydrogens (tertiary/aromatic N) is 1. The minimum absolute atomic E-state index is 0.0282. The molecule has 34 heavy (non-hydrogen) atoms. The second-order valence-corrected chi connectivity index (χ2v) is 7.54. The first-order valence-corrected chi connectivity index (χ1v) is 10.5. The highest BCUT2D eigenvalue weighted by atomic mass is 16.6. The van der Waals surface area contributed by atoms with E-state index in [4.69, 9.17) is 18.9 Å². The van der Waals surface area contributed by atoms with Crippen molar-refractivity contribution in [3.8, 4) is 5.75 Å². The zero-order valence-electron chi connectivity index (χ0n) is 18.2. The average molecular weight is 466 g/mol. The molecule has 0 saturated carbocycles. The largest absolute Gasteiger partial charge is 0.497 e. The van der Waals surface area contributed by atoms with E-state index in [9.17, 15) is 19.2 Å². The lowest BCUT2D eigenvalue weighted by atomic mass is 10.0. The van der Waals surface area contributed by atoms with Gasteiger partial charge in [-0.15, -0.1) is 0 Å². The van der Waals surface area contributed by atoms with Crippen LogP contribution in [0, 0.1) is 5.92 Å². The minimum atomic E-state index is -0.929. The Balaban J connectivity index is 1.54. The monoisotopic (exact) mass is 466 g/mol. The normalized spacial score (nSPS) is 19.4. The third-order valence-corrected chi connectivity index (χ3v) is 5.40. The number of aromatic nitrogens is 2. The van der Waals surface area contributed by atoms with E-state index in [1.54, 1.807) is 54.6 Å². The Morgan fingerprint density at radius 1 is 1.00 bits per heavy atom. The molecule has 0 radical (unpaired) electrons. The van der Waals surface area contributed by atoms with Crippen LogP contribution in [0.5, 0.6) is 5.75 Å². The molecule has 10 heteroatoms. The van der Waals surface area contributed by atoms with Gasteiger partial charge in [0.1, 0.15) is 24.7 Å². The molecule has 3 atom stereocenters. The van der Waals surface area contributed by atoms with Crippen LogP contribution in [-0.2, 0) is 14.2 Å². The number of aromatic amines is 1. The van der Waals surface area contributed by atoms with Crippen LogP contribution in [-0.4, -0.2) is 47.9 Å². The molecule has 4 rings (SSSR count). The number of rotatable bonds is 7. The van der Waals surface area contributed by atoms with E-state index in [1.165, 1.54) is 23.9 Å². The molecular weight excluding hydrogens is 444 g/mol. The number of ether oxygens (including phenoxy) is 4. The third kappa shape index (κ3) is 5.07.